The summed E-state index contributed by atoms with van der Waals surface area (Å²) in [6.07, 6.45) is 5.59. The van der Waals surface area contributed by atoms with Crippen LogP contribution in [-0.4, -0.2) is 29.3 Å². The van der Waals surface area contributed by atoms with Gasteiger partial charge in [0, 0.05) is 40.2 Å². The first kappa shape index (κ1) is 33.1. The SMILES string of the molecule is c1ccc2cc(-c3nc4cnccn4c3-c3ccc(-c4nc(-c5cc6ccccc6c6ccccc56)nc(-c5cc6ccccc6c6ccccc56)n4)cc3)ccc2c1. The average Bonchev–Trinajstić information content (AvgIpc) is 3.70. The van der Waals surface area contributed by atoms with Gasteiger partial charge in [0.2, 0.25) is 0 Å². The van der Waals surface area contributed by atoms with Crippen LogP contribution < -0.4 is 0 Å². The second kappa shape index (κ2) is 13.3. The highest BCUT2D eigenvalue weighted by molar-refractivity contribution is 6.15. The van der Waals surface area contributed by atoms with Gasteiger partial charge in [-0.15, -0.1) is 0 Å². The minimum atomic E-state index is 0.600. The Morgan fingerprint density at radius 2 is 0.847 bits per heavy atom. The molecule has 0 spiro atoms. The summed E-state index contributed by atoms with van der Waals surface area (Å²) in [5.74, 6) is 1.85. The van der Waals surface area contributed by atoms with E-state index in [4.69, 9.17) is 19.9 Å². The molecule has 59 heavy (non-hydrogen) atoms. The number of benzene rings is 9. The zero-order valence-electron chi connectivity index (χ0n) is 31.7. The molecule has 12 aromatic rings. The molecule has 6 heteroatoms. The third-order valence-electron chi connectivity index (χ3n) is 11.5. The molecule has 0 unspecified atom stereocenters. The second-order valence-corrected chi connectivity index (χ2v) is 14.9. The maximum Gasteiger partial charge on any atom is 0.164 e. The topological polar surface area (TPSA) is 68.9 Å². The molecule has 274 valence electrons. The summed E-state index contributed by atoms with van der Waals surface area (Å²) in [7, 11) is 0. The van der Waals surface area contributed by atoms with Crippen molar-refractivity contribution in [2.45, 2.75) is 0 Å². The first-order valence-electron chi connectivity index (χ1n) is 19.7. The van der Waals surface area contributed by atoms with E-state index >= 15 is 0 Å². The number of fused-ring (bicyclic) bond motifs is 8. The lowest BCUT2D eigenvalue weighted by Gasteiger charge is -2.14. The molecule has 0 saturated carbocycles. The quantitative estimate of drug-likeness (QED) is 0.164. The second-order valence-electron chi connectivity index (χ2n) is 14.9. The van der Waals surface area contributed by atoms with Gasteiger partial charge in [-0.25, -0.2) is 19.9 Å². The number of hydrogen-bond acceptors (Lipinski definition) is 5. The van der Waals surface area contributed by atoms with Crippen LogP contribution in [0.25, 0.3) is 116 Å². The summed E-state index contributed by atoms with van der Waals surface area (Å²) in [4.78, 5) is 25.4. The predicted molar refractivity (Wildman–Crippen MR) is 241 cm³/mol. The number of aromatic nitrogens is 6. The van der Waals surface area contributed by atoms with Crippen LogP contribution in [0.3, 0.4) is 0 Å². The monoisotopic (exact) mass is 752 g/mol. The summed E-state index contributed by atoms with van der Waals surface area (Å²) in [5.41, 5.74) is 7.55. The van der Waals surface area contributed by atoms with E-state index in [1.807, 2.05) is 12.4 Å². The Morgan fingerprint density at radius 1 is 0.356 bits per heavy atom. The van der Waals surface area contributed by atoms with E-state index < -0.39 is 0 Å². The summed E-state index contributed by atoms with van der Waals surface area (Å²) >= 11 is 0. The summed E-state index contributed by atoms with van der Waals surface area (Å²) in [6.45, 7) is 0. The first-order valence-corrected chi connectivity index (χ1v) is 19.7. The fraction of sp³-hybridized carbons (Fsp3) is 0. The molecule has 0 bridgehead atoms. The van der Waals surface area contributed by atoms with Crippen molar-refractivity contribution < 1.29 is 0 Å². The molecule has 3 heterocycles. The van der Waals surface area contributed by atoms with Crippen LogP contribution in [-0.2, 0) is 0 Å². The zero-order chi connectivity index (χ0) is 38.9. The molecule has 0 aliphatic carbocycles. The molecule has 0 saturated heterocycles. The fourth-order valence-electron chi connectivity index (χ4n) is 8.72. The minimum Gasteiger partial charge on any atom is -0.296 e. The van der Waals surface area contributed by atoms with E-state index in [-0.39, 0.29) is 0 Å². The number of nitrogens with zero attached hydrogens (tertiary/aromatic N) is 6. The van der Waals surface area contributed by atoms with Crippen molar-refractivity contribution in [1.29, 1.82) is 0 Å². The Labute approximate surface area is 338 Å². The highest BCUT2D eigenvalue weighted by Gasteiger charge is 2.20. The van der Waals surface area contributed by atoms with E-state index in [2.05, 4.69) is 185 Å². The Hall–Kier alpha value is -8.09. The van der Waals surface area contributed by atoms with Crippen molar-refractivity contribution in [2.24, 2.45) is 0 Å². The van der Waals surface area contributed by atoms with Crippen molar-refractivity contribution in [1.82, 2.24) is 29.3 Å². The minimum absolute atomic E-state index is 0.600. The lowest BCUT2D eigenvalue weighted by atomic mass is 9.96. The smallest absolute Gasteiger partial charge is 0.164 e. The molecular formula is C53H32N6. The maximum atomic E-state index is 5.33. The van der Waals surface area contributed by atoms with Gasteiger partial charge < -0.3 is 0 Å². The average molecular weight is 753 g/mol. The van der Waals surface area contributed by atoms with Gasteiger partial charge >= 0.3 is 0 Å². The van der Waals surface area contributed by atoms with Crippen LogP contribution in [0, 0.1) is 0 Å². The summed E-state index contributed by atoms with van der Waals surface area (Å²) in [6, 6.07) is 62.0. The Kier molecular flexibility index (Phi) is 7.43. The molecule has 0 aliphatic rings. The third-order valence-corrected chi connectivity index (χ3v) is 11.5. The molecule has 6 nitrogen and oxygen atoms in total. The Morgan fingerprint density at radius 3 is 1.47 bits per heavy atom. The normalized spacial score (nSPS) is 11.7. The van der Waals surface area contributed by atoms with Crippen LogP contribution in [0.4, 0.5) is 0 Å². The number of rotatable bonds is 5. The highest BCUT2D eigenvalue weighted by atomic mass is 15.0. The first-order chi connectivity index (χ1) is 29.2. The van der Waals surface area contributed by atoms with E-state index in [1.165, 1.54) is 21.5 Å². The zero-order valence-corrected chi connectivity index (χ0v) is 31.7. The van der Waals surface area contributed by atoms with Crippen LogP contribution in [0.2, 0.25) is 0 Å². The molecule has 0 amide bonds. The van der Waals surface area contributed by atoms with Crippen molar-refractivity contribution in [3.8, 4) is 56.7 Å². The van der Waals surface area contributed by atoms with Crippen molar-refractivity contribution in [3.63, 3.8) is 0 Å². The fourth-order valence-corrected chi connectivity index (χ4v) is 8.72. The third kappa shape index (κ3) is 5.46. The van der Waals surface area contributed by atoms with Gasteiger partial charge in [-0.3, -0.25) is 9.38 Å². The lowest BCUT2D eigenvalue weighted by Crippen LogP contribution is -2.01. The van der Waals surface area contributed by atoms with Crippen molar-refractivity contribution in [3.05, 3.63) is 195 Å². The number of hydrogen-bond donors (Lipinski definition) is 0. The summed E-state index contributed by atoms with van der Waals surface area (Å²) < 4.78 is 2.11. The molecule has 0 atom stereocenters. The number of imidazole rings is 1. The molecule has 0 N–H and O–H groups in total. The van der Waals surface area contributed by atoms with Crippen LogP contribution in [0.5, 0.6) is 0 Å². The van der Waals surface area contributed by atoms with E-state index in [9.17, 15) is 0 Å². The van der Waals surface area contributed by atoms with Gasteiger partial charge in [-0.1, -0.05) is 158 Å². The largest absolute Gasteiger partial charge is 0.296 e. The van der Waals surface area contributed by atoms with Crippen LogP contribution >= 0.6 is 0 Å². The molecular weight excluding hydrogens is 721 g/mol. The Balaban J connectivity index is 1.07. The highest BCUT2D eigenvalue weighted by Crippen LogP contribution is 2.39. The van der Waals surface area contributed by atoms with E-state index in [0.29, 0.717) is 17.5 Å². The molecule has 0 radical (unpaired) electrons. The molecule has 3 aromatic heterocycles. The van der Waals surface area contributed by atoms with Gasteiger partial charge in [0.25, 0.3) is 0 Å². The van der Waals surface area contributed by atoms with Gasteiger partial charge in [0.1, 0.15) is 0 Å². The molecule has 0 aliphatic heterocycles. The maximum absolute atomic E-state index is 5.33. The van der Waals surface area contributed by atoms with Crippen molar-refractivity contribution in [2.75, 3.05) is 0 Å². The molecule has 12 rings (SSSR count). The van der Waals surface area contributed by atoms with Gasteiger partial charge in [-0.05, 0) is 72.1 Å². The van der Waals surface area contributed by atoms with Gasteiger partial charge in [0.05, 0.1) is 17.6 Å². The van der Waals surface area contributed by atoms with E-state index in [0.717, 1.165) is 77.2 Å². The molecule has 9 aromatic carbocycles. The Bertz CT molecular complexity index is 3490. The van der Waals surface area contributed by atoms with Crippen LogP contribution in [0.1, 0.15) is 0 Å². The van der Waals surface area contributed by atoms with E-state index in [1.54, 1.807) is 6.20 Å². The predicted octanol–water partition coefficient (Wildman–Crippen LogP) is 13.0. The standard InChI is InChI=1S/C53H32N6/c1-2-12-36-29-39(26-21-33(36)11-1)49-50(59-28-27-54-32-48(59)55-49)34-22-24-35(25-23-34)51-56-52(46-30-37-13-3-5-15-40(37)42-17-7-9-19-44(42)46)58-53(57-51)47-31-38-14-4-6-16-41(38)43-18-8-10-20-45(43)47/h1-32H. The van der Waals surface area contributed by atoms with Crippen molar-refractivity contribution >= 4 is 59.5 Å². The van der Waals surface area contributed by atoms with Gasteiger partial charge in [0.15, 0.2) is 23.1 Å². The summed E-state index contributed by atoms with van der Waals surface area (Å²) in [5, 5.41) is 11.5. The van der Waals surface area contributed by atoms with Gasteiger partial charge in [-0.2, -0.15) is 0 Å². The van der Waals surface area contributed by atoms with Crippen LogP contribution in [0.15, 0.2) is 195 Å². The molecule has 0 fully saturated rings. The lowest BCUT2D eigenvalue weighted by molar-refractivity contribution is 1.08.